The third-order valence-corrected chi connectivity index (χ3v) is 2.14. The molecular formula is C11H12O2. The van der Waals surface area contributed by atoms with Crippen molar-refractivity contribution in [1.82, 2.24) is 0 Å². The van der Waals surface area contributed by atoms with Crippen LogP contribution in [0.5, 0.6) is 5.75 Å². The number of phenols is 1. The van der Waals surface area contributed by atoms with Crippen LogP contribution in [0.25, 0.3) is 0 Å². The zero-order valence-corrected chi connectivity index (χ0v) is 7.47. The third kappa shape index (κ3) is 1.73. The summed E-state index contributed by atoms with van der Waals surface area (Å²) in [6.07, 6.45) is 4.32. The predicted molar refractivity (Wildman–Crippen MR) is 50.5 cm³/mol. The smallest absolute Gasteiger partial charge is 0.115 e. The van der Waals surface area contributed by atoms with E-state index < -0.39 is 0 Å². The van der Waals surface area contributed by atoms with Crippen LogP contribution in [0.15, 0.2) is 36.4 Å². The van der Waals surface area contributed by atoms with Crippen molar-refractivity contribution in [3.8, 4) is 5.75 Å². The fourth-order valence-electron chi connectivity index (χ4n) is 1.43. The van der Waals surface area contributed by atoms with E-state index in [1.54, 1.807) is 12.1 Å². The van der Waals surface area contributed by atoms with Gasteiger partial charge in [0.25, 0.3) is 0 Å². The summed E-state index contributed by atoms with van der Waals surface area (Å²) in [6, 6.07) is 7.11. The molecule has 0 aromatic heterocycles. The van der Waals surface area contributed by atoms with Crippen molar-refractivity contribution in [3.05, 3.63) is 42.0 Å². The minimum atomic E-state index is 0.0515. The van der Waals surface area contributed by atoms with Crippen LogP contribution in [-0.4, -0.2) is 11.2 Å². The van der Waals surface area contributed by atoms with Crippen LogP contribution in [0.4, 0.5) is 0 Å². The number of aromatic hydroxyl groups is 1. The van der Waals surface area contributed by atoms with Crippen LogP contribution in [0.2, 0.25) is 0 Å². The first kappa shape index (κ1) is 8.32. The zero-order chi connectivity index (χ0) is 9.26. The molecule has 0 bridgehead atoms. The second-order valence-corrected chi connectivity index (χ2v) is 3.24. The van der Waals surface area contributed by atoms with Crippen molar-refractivity contribution < 1.29 is 9.84 Å². The Balaban J connectivity index is 2.18. The number of hydrogen-bond acceptors (Lipinski definition) is 2. The Bertz CT molecular complexity index is 313. The van der Waals surface area contributed by atoms with Crippen LogP contribution >= 0.6 is 0 Å². The van der Waals surface area contributed by atoms with Crippen molar-refractivity contribution in [2.75, 3.05) is 0 Å². The molecule has 13 heavy (non-hydrogen) atoms. The predicted octanol–water partition coefficient (Wildman–Crippen LogP) is 2.41. The first-order chi connectivity index (χ1) is 6.25. The van der Waals surface area contributed by atoms with Crippen LogP contribution < -0.4 is 0 Å². The largest absolute Gasteiger partial charge is 0.508 e. The van der Waals surface area contributed by atoms with Gasteiger partial charge in [-0.2, -0.15) is 0 Å². The van der Waals surface area contributed by atoms with Gasteiger partial charge >= 0.3 is 0 Å². The quantitative estimate of drug-likeness (QED) is 0.666. The number of phenolic OH excluding ortho intramolecular Hbond substituents is 1. The van der Waals surface area contributed by atoms with Gasteiger partial charge in [-0.15, -0.1) is 0 Å². The lowest BCUT2D eigenvalue weighted by Crippen LogP contribution is -2.01. The first-order valence-electron chi connectivity index (χ1n) is 4.38. The highest BCUT2D eigenvalue weighted by molar-refractivity contribution is 5.30. The Morgan fingerprint density at radius 2 is 1.85 bits per heavy atom. The molecule has 0 fully saturated rings. The Hall–Kier alpha value is -1.28. The van der Waals surface area contributed by atoms with Crippen molar-refractivity contribution in [3.63, 3.8) is 0 Å². The zero-order valence-electron chi connectivity index (χ0n) is 7.47. The van der Waals surface area contributed by atoms with Crippen LogP contribution in [0.1, 0.15) is 18.6 Å². The fraction of sp³-hybridized carbons (Fsp3) is 0.273. The van der Waals surface area contributed by atoms with Gasteiger partial charge in [-0.05, 0) is 24.6 Å². The molecule has 0 radical (unpaired) electrons. The first-order valence-corrected chi connectivity index (χ1v) is 4.38. The SMILES string of the molecule is CC1C=CC(c2ccc(O)cc2)O1. The highest BCUT2D eigenvalue weighted by Gasteiger charge is 2.16. The monoisotopic (exact) mass is 176 g/mol. The second-order valence-electron chi connectivity index (χ2n) is 3.24. The fourth-order valence-corrected chi connectivity index (χ4v) is 1.43. The molecule has 1 aliphatic heterocycles. The summed E-state index contributed by atoms with van der Waals surface area (Å²) in [5.41, 5.74) is 1.08. The van der Waals surface area contributed by atoms with Gasteiger partial charge in [0.15, 0.2) is 0 Å². The van der Waals surface area contributed by atoms with Crippen molar-refractivity contribution in [2.24, 2.45) is 0 Å². The molecule has 68 valence electrons. The second kappa shape index (κ2) is 3.23. The van der Waals surface area contributed by atoms with E-state index >= 15 is 0 Å². The highest BCUT2D eigenvalue weighted by atomic mass is 16.5. The lowest BCUT2D eigenvalue weighted by Gasteiger charge is -2.10. The standard InChI is InChI=1S/C11H12O2/c1-8-2-7-11(13-8)9-3-5-10(12)6-4-9/h2-8,11-12H,1H3. The molecule has 2 rings (SSSR count). The van der Waals surface area contributed by atoms with E-state index in [-0.39, 0.29) is 12.2 Å². The number of ether oxygens (including phenoxy) is 1. The van der Waals surface area contributed by atoms with E-state index in [2.05, 4.69) is 0 Å². The van der Waals surface area contributed by atoms with E-state index in [1.807, 2.05) is 31.2 Å². The maximum atomic E-state index is 9.09. The maximum Gasteiger partial charge on any atom is 0.115 e. The normalized spacial score (nSPS) is 26.5. The van der Waals surface area contributed by atoms with Gasteiger partial charge in [0.05, 0.1) is 6.10 Å². The summed E-state index contributed by atoms with van der Waals surface area (Å²) in [5, 5.41) is 9.09. The van der Waals surface area contributed by atoms with Gasteiger partial charge in [-0.1, -0.05) is 24.3 Å². The topological polar surface area (TPSA) is 29.5 Å². The van der Waals surface area contributed by atoms with Crippen LogP contribution in [-0.2, 0) is 4.74 Å². The Kier molecular flexibility index (Phi) is 2.07. The van der Waals surface area contributed by atoms with E-state index in [0.717, 1.165) is 5.56 Å². The van der Waals surface area contributed by atoms with Crippen LogP contribution in [0, 0.1) is 0 Å². The average Bonchev–Trinajstić information content (AvgIpc) is 2.53. The van der Waals surface area contributed by atoms with Crippen molar-refractivity contribution in [2.45, 2.75) is 19.1 Å². The Morgan fingerprint density at radius 3 is 2.38 bits per heavy atom. The summed E-state index contributed by atoms with van der Waals surface area (Å²) in [5.74, 6) is 0.291. The molecule has 1 N–H and O–H groups in total. The molecule has 1 heterocycles. The maximum absolute atomic E-state index is 9.09. The van der Waals surface area contributed by atoms with Gasteiger partial charge in [0, 0.05) is 0 Å². The molecular weight excluding hydrogens is 164 g/mol. The summed E-state index contributed by atoms with van der Waals surface area (Å²) >= 11 is 0. The van der Waals surface area contributed by atoms with Crippen LogP contribution in [0.3, 0.4) is 0 Å². The Morgan fingerprint density at radius 1 is 1.15 bits per heavy atom. The van der Waals surface area contributed by atoms with E-state index in [0.29, 0.717) is 5.75 Å². The van der Waals surface area contributed by atoms with E-state index in [9.17, 15) is 0 Å². The highest BCUT2D eigenvalue weighted by Crippen LogP contribution is 2.27. The number of rotatable bonds is 1. The molecule has 2 nitrogen and oxygen atoms in total. The van der Waals surface area contributed by atoms with Gasteiger partial charge < -0.3 is 9.84 Å². The van der Waals surface area contributed by atoms with Gasteiger partial charge in [-0.25, -0.2) is 0 Å². The van der Waals surface area contributed by atoms with Gasteiger partial charge in [-0.3, -0.25) is 0 Å². The lowest BCUT2D eigenvalue weighted by atomic mass is 10.1. The van der Waals surface area contributed by atoms with Crippen molar-refractivity contribution in [1.29, 1.82) is 0 Å². The molecule has 2 atom stereocenters. The number of benzene rings is 1. The van der Waals surface area contributed by atoms with Crippen molar-refractivity contribution >= 4 is 0 Å². The lowest BCUT2D eigenvalue weighted by molar-refractivity contribution is 0.0715. The molecule has 2 unspecified atom stereocenters. The summed E-state index contributed by atoms with van der Waals surface area (Å²) in [7, 11) is 0. The van der Waals surface area contributed by atoms with Gasteiger partial charge in [0.1, 0.15) is 11.9 Å². The molecule has 0 aliphatic carbocycles. The van der Waals surface area contributed by atoms with E-state index in [1.165, 1.54) is 0 Å². The minimum absolute atomic E-state index is 0.0515. The molecule has 0 spiro atoms. The average molecular weight is 176 g/mol. The summed E-state index contributed by atoms with van der Waals surface area (Å²) in [4.78, 5) is 0. The molecule has 1 aromatic rings. The molecule has 1 aliphatic rings. The molecule has 0 saturated carbocycles. The Labute approximate surface area is 77.5 Å². The molecule has 0 saturated heterocycles. The minimum Gasteiger partial charge on any atom is -0.508 e. The summed E-state index contributed by atoms with van der Waals surface area (Å²) in [6.45, 7) is 2.01. The van der Waals surface area contributed by atoms with Gasteiger partial charge in [0.2, 0.25) is 0 Å². The molecule has 0 amide bonds. The number of hydrogen-bond donors (Lipinski definition) is 1. The third-order valence-electron chi connectivity index (χ3n) is 2.14. The molecule has 1 aromatic carbocycles. The summed E-state index contributed by atoms with van der Waals surface area (Å²) < 4.78 is 5.59. The molecule has 2 heteroatoms. The van der Waals surface area contributed by atoms with E-state index in [4.69, 9.17) is 9.84 Å².